The van der Waals surface area contributed by atoms with Gasteiger partial charge in [-0.1, -0.05) is 79.5 Å². The Bertz CT molecular complexity index is 430. The summed E-state index contributed by atoms with van der Waals surface area (Å²) in [4.78, 5) is 11.2. The fourth-order valence-corrected chi connectivity index (χ4v) is 2.79. The van der Waals surface area contributed by atoms with Crippen LogP contribution in [0.25, 0.3) is 0 Å². The average Bonchev–Trinajstić information content (AvgIpc) is 2.60. The first-order valence-electron chi connectivity index (χ1n) is 9.97. The highest BCUT2D eigenvalue weighted by atomic mass is 16.1. The Balaban J connectivity index is 0. The standard InChI is InChI=1S/C11H22O.C10H14.C2H6/c1-5-10(6-2)9(4)8-11(12)7-3;1-4-10-6-5-8(2)9(3)7-10;1-2/h9-10H,5-8H2,1-4H3;5-7H,4H2,1-3H3;1-2H3. The zero-order valence-corrected chi connectivity index (χ0v) is 17.8. The van der Waals surface area contributed by atoms with Crippen molar-refractivity contribution in [1.29, 1.82) is 0 Å². The van der Waals surface area contributed by atoms with Crippen molar-refractivity contribution in [3.05, 3.63) is 34.9 Å². The number of benzene rings is 1. The number of hydrogen-bond donors (Lipinski definition) is 0. The highest BCUT2D eigenvalue weighted by Crippen LogP contribution is 2.22. The van der Waals surface area contributed by atoms with Gasteiger partial charge in [-0.3, -0.25) is 4.79 Å². The molecule has 0 radical (unpaired) electrons. The van der Waals surface area contributed by atoms with E-state index in [1.165, 1.54) is 29.5 Å². The van der Waals surface area contributed by atoms with Gasteiger partial charge in [0.2, 0.25) is 0 Å². The Kier molecular flexibility index (Phi) is 16.1. The third-order valence-corrected chi connectivity index (χ3v) is 4.78. The molecule has 1 aromatic rings. The van der Waals surface area contributed by atoms with Crippen LogP contribution >= 0.6 is 0 Å². The van der Waals surface area contributed by atoms with E-state index in [0.717, 1.165) is 18.8 Å². The lowest BCUT2D eigenvalue weighted by atomic mass is 9.85. The molecule has 1 atom stereocenters. The molecule has 1 rings (SSSR count). The molecule has 0 N–H and O–H groups in total. The molecule has 0 fully saturated rings. The predicted molar refractivity (Wildman–Crippen MR) is 110 cm³/mol. The van der Waals surface area contributed by atoms with E-state index in [1.54, 1.807) is 0 Å². The van der Waals surface area contributed by atoms with E-state index in [0.29, 0.717) is 18.1 Å². The van der Waals surface area contributed by atoms with Crippen LogP contribution in [0.15, 0.2) is 18.2 Å². The zero-order chi connectivity index (χ0) is 19.1. The lowest BCUT2D eigenvalue weighted by Gasteiger charge is -2.19. The van der Waals surface area contributed by atoms with Crippen LogP contribution in [0.1, 0.15) is 90.8 Å². The van der Waals surface area contributed by atoms with Gasteiger partial charge in [0.25, 0.3) is 0 Å². The topological polar surface area (TPSA) is 17.1 Å². The molecular weight excluding hydrogens is 292 g/mol. The Morgan fingerprint density at radius 3 is 1.88 bits per heavy atom. The van der Waals surface area contributed by atoms with E-state index in [2.05, 4.69) is 59.7 Å². The number of carbonyl (C=O) groups is 1. The summed E-state index contributed by atoms with van der Waals surface area (Å²) in [7, 11) is 0. The summed E-state index contributed by atoms with van der Waals surface area (Å²) in [5, 5.41) is 0. The summed E-state index contributed by atoms with van der Waals surface area (Å²) < 4.78 is 0. The van der Waals surface area contributed by atoms with Gasteiger partial charge in [-0.05, 0) is 48.8 Å². The van der Waals surface area contributed by atoms with E-state index in [9.17, 15) is 4.79 Å². The molecule has 140 valence electrons. The molecule has 0 amide bonds. The fraction of sp³-hybridized carbons (Fsp3) is 0.696. The maximum Gasteiger partial charge on any atom is 0.132 e. The highest BCUT2D eigenvalue weighted by Gasteiger charge is 2.15. The fourth-order valence-electron chi connectivity index (χ4n) is 2.79. The van der Waals surface area contributed by atoms with Crippen molar-refractivity contribution in [2.24, 2.45) is 11.8 Å². The summed E-state index contributed by atoms with van der Waals surface area (Å²) in [5.74, 6) is 1.72. The molecule has 1 unspecified atom stereocenters. The van der Waals surface area contributed by atoms with E-state index in [4.69, 9.17) is 0 Å². The first-order valence-corrected chi connectivity index (χ1v) is 9.97. The van der Waals surface area contributed by atoms with Gasteiger partial charge in [-0.25, -0.2) is 0 Å². The van der Waals surface area contributed by atoms with Crippen molar-refractivity contribution in [3.8, 4) is 0 Å². The summed E-state index contributed by atoms with van der Waals surface area (Å²) >= 11 is 0. The van der Waals surface area contributed by atoms with E-state index in [-0.39, 0.29) is 0 Å². The second-order valence-corrected chi connectivity index (χ2v) is 6.42. The molecule has 0 aliphatic rings. The third-order valence-electron chi connectivity index (χ3n) is 4.78. The lowest BCUT2D eigenvalue weighted by molar-refractivity contribution is -0.119. The molecule has 1 heteroatoms. The summed E-state index contributed by atoms with van der Waals surface area (Å²) in [6, 6.07) is 6.64. The van der Waals surface area contributed by atoms with E-state index < -0.39 is 0 Å². The van der Waals surface area contributed by atoms with Crippen molar-refractivity contribution in [3.63, 3.8) is 0 Å². The normalized spacial score (nSPS) is 11.1. The molecule has 0 bridgehead atoms. The van der Waals surface area contributed by atoms with Crippen LogP contribution in [0.2, 0.25) is 0 Å². The van der Waals surface area contributed by atoms with Gasteiger partial charge in [0, 0.05) is 12.8 Å². The molecule has 0 saturated heterocycles. The van der Waals surface area contributed by atoms with Crippen molar-refractivity contribution >= 4 is 5.78 Å². The zero-order valence-electron chi connectivity index (χ0n) is 17.8. The van der Waals surface area contributed by atoms with Gasteiger partial charge in [0.15, 0.2) is 0 Å². The lowest BCUT2D eigenvalue weighted by Crippen LogP contribution is -2.14. The minimum Gasteiger partial charge on any atom is -0.300 e. The van der Waals surface area contributed by atoms with Crippen LogP contribution in [0.4, 0.5) is 0 Å². The molecule has 0 heterocycles. The van der Waals surface area contributed by atoms with Crippen LogP contribution in [0, 0.1) is 25.7 Å². The minimum absolute atomic E-state index is 0.411. The first-order chi connectivity index (χ1) is 11.4. The second kappa shape index (κ2) is 15.4. The maximum atomic E-state index is 11.2. The number of Topliss-reactive ketones (excluding diaryl/α,β-unsaturated/α-hetero) is 1. The quantitative estimate of drug-likeness (QED) is 0.510. The Morgan fingerprint density at radius 1 is 0.958 bits per heavy atom. The van der Waals surface area contributed by atoms with Crippen molar-refractivity contribution in [2.45, 2.75) is 94.4 Å². The Morgan fingerprint density at radius 2 is 1.50 bits per heavy atom. The molecule has 0 aromatic heterocycles. The molecule has 1 nitrogen and oxygen atoms in total. The second-order valence-electron chi connectivity index (χ2n) is 6.42. The molecule has 0 aliphatic carbocycles. The van der Waals surface area contributed by atoms with E-state index in [1.807, 2.05) is 20.8 Å². The van der Waals surface area contributed by atoms with Crippen molar-refractivity contribution in [1.82, 2.24) is 0 Å². The largest absolute Gasteiger partial charge is 0.300 e. The van der Waals surface area contributed by atoms with Gasteiger partial charge >= 0.3 is 0 Å². The molecule has 0 saturated carbocycles. The third kappa shape index (κ3) is 10.6. The summed E-state index contributed by atoms with van der Waals surface area (Å²) in [5.41, 5.74) is 4.22. The number of ketones is 1. The van der Waals surface area contributed by atoms with Gasteiger partial charge in [-0.2, -0.15) is 0 Å². The molecular formula is C23H42O. The number of rotatable bonds is 7. The smallest absolute Gasteiger partial charge is 0.132 e. The van der Waals surface area contributed by atoms with Crippen LogP contribution in [0.3, 0.4) is 0 Å². The number of hydrogen-bond acceptors (Lipinski definition) is 1. The van der Waals surface area contributed by atoms with Crippen LogP contribution < -0.4 is 0 Å². The van der Waals surface area contributed by atoms with Crippen molar-refractivity contribution < 1.29 is 4.79 Å². The van der Waals surface area contributed by atoms with Gasteiger partial charge in [-0.15, -0.1) is 0 Å². The SMILES string of the molecule is CC.CCC(=O)CC(C)C(CC)CC.CCc1ccc(C)c(C)c1. The van der Waals surface area contributed by atoms with Crippen molar-refractivity contribution in [2.75, 3.05) is 0 Å². The Labute approximate surface area is 152 Å². The molecule has 1 aromatic carbocycles. The summed E-state index contributed by atoms with van der Waals surface area (Å²) in [6.45, 7) is 19.1. The highest BCUT2D eigenvalue weighted by molar-refractivity contribution is 5.78. The maximum absolute atomic E-state index is 11.2. The Hall–Kier alpha value is -1.11. The molecule has 0 spiro atoms. The minimum atomic E-state index is 0.411. The predicted octanol–water partition coefficient (Wildman–Crippen LogP) is 7.32. The van der Waals surface area contributed by atoms with Crippen LogP contribution in [0.5, 0.6) is 0 Å². The number of aryl methyl sites for hydroxylation is 3. The first kappa shape index (κ1) is 25.1. The van der Waals surface area contributed by atoms with Gasteiger partial charge in [0.1, 0.15) is 5.78 Å². The van der Waals surface area contributed by atoms with Crippen LogP contribution in [-0.4, -0.2) is 5.78 Å². The summed E-state index contributed by atoms with van der Waals surface area (Å²) in [6.07, 6.45) is 5.03. The molecule has 0 aliphatic heterocycles. The van der Waals surface area contributed by atoms with Gasteiger partial charge in [0.05, 0.1) is 0 Å². The van der Waals surface area contributed by atoms with Gasteiger partial charge < -0.3 is 0 Å². The molecule has 24 heavy (non-hydrogen) atoms. The van der Waals surface area contributed by atoms with Crippen LogP contribution in [-0.2, 0) is 11.2 Å². The monoisotopic (exact) mass is 334 g/mol. The average molecular weight is 335 g/mol. The number of carbonyl (C=O) groups excluding carboxylic acids is 1. The van der Waals surface area contributed by atoms with E-state index >= 15 is 0 Å².